The second-order valence-electron chi connectivity index (χ2n) is 5.41. The van der Waals surface area contributed by atoms with Crippen molar-refractivity contribution in [3.63, 3.8) is 0 Å². The van der Waals surface area contributed by atoms with E-state index in [-0.39, 0.29) is 11.8 Å². The zero-order valence-electron chi connectivity index (χ0n) is 14.2. The molecule has 0 saturated carbocycles. The lowest BCUT2D eigenvalue weighted by Gasteiger charge is -2.13. The lowest BCUT2D eigenvalue weighted by molar-refractivity contribution is -0.126. The molecular weight excluding hydrogens is 318 g/mol. The van der Waals surface area contributed by atoms with E-state index in [1.165, 1.54) is 6.08 Å². The number of pyridine rings is 1. The van der Waals surface area contributed by atoms with Crippen LogP contribution in [0.1, 0.15) is 18.1 Å². The zero-order valence-corrected chi connectivity index (χ0v) is 14.2. The molecule has 130 valence electrons. The second-order valence-corrected chi connectivity index (χ2v) is 5.41. The average Bonchev–Trinajstić information content (AvgIpc) is 2.65. The van der Waals surface area contributed by atoms with Crippen LogP contribution in [0, 0.1) is 0 Å². The molecule has 25 heavy (non-hydrogen) atoms. The minimum Gasteiger partial charge on any atom is -0.497 e. The molecule has 2 aromatic rings. The summed E-state index contributed by atoms with van der Waals surface area (Å²) in [5.74, 6) is 0.173. The summed E-state index contributed by atoms with van der Waals surface area (Å²) in [6.45, 7) is 2.03. The van der Waals surface area contributed by atoms with Gasteiger partial charge in [0.25, 0.3) is 0 Å². The van der Waals surface area contributed by atoms with Crippen LogP contribution in [0.5, 0.6) is 5.75 Å². The smallest absolute Gasteiger partial charge is 0.244 e. The summed E-state index contributed by atoms with van der Waals surface area (Å²) in [4.78, 5) is 27.9. The molecule has 1 atom stereocenters. The fraction of sp³-hybridized carbons (Fsp3) is 0.211. The van der Waals surface area contributed by atoms with E-state index in [4.69, 9.17) is 4.74 Å². The maximum Gasteiger partial charge on any atom is 0.244 e. The third kappa shape index (κ3) is 6.10. The van der Waals surface area contributed by atoms with Crippen molar-refractivity contribution in [1.82, 2.24) is 15.6 Å². The number of hydrogen-bond donors (Lipinski definition) is 2. The highest BCUT2D eigenvalue weighted by molar-refractivity contribution is 5.95. The normalized spacial score (nSPS) is 11.8. The molecule has 0 fully saturated rings. The first-order chi connectivity index (χ1) is 12.1. The van der Waals surface area contributed by atoms with Gasteiger partial charge in [-0.05, 0) is 48.4 Å². The Morgan fingerprint density at radius 2 is 1.84 bits per heavy atom. The van der Waals surface area contributed by atoms with E-state index < -0.39 is 6.04 Å². The van der Waals surface area contributed by atoms with Crippen LogP contribution >= 0.6 is 0 Å². The molecule has 1 heterocycles. The van der Waals surface area contributed by atoms with Crippen LogP contribution in [0.2, 0.25) is 0 Å². The van der Waals surface area contributed by atoms with E-state index in [0.29, 0.717) is 6.54 Å². The molecule has 2 rings (SSSR count). The van der Waals surface area contributed by atoms with Crippen molar-refractivity contribution < 1.29 is 14.3 Å². The molecule has 1 unspecified atom stereocenters. The minimum atomic E-state index is -0.630. The summed E-state index contributed by atoms with van der Waals surface area (Å²) < 4.78 is 5.08. The van der Waals surface area contributed by atoms with Crippen molar-refractivity contribution in [1.29, 1.82) is 0 Å². The number of benzene rings is 1. The number of carbonyl (C=O) groups is 2. The van der Waals surface area contributed by atoms with Crippen LogP contribution in [0.3, 0.4) is 0 Å². The number of ether oxygens (including phenoxy) is 1. The number of carbonyl (C=O) groups excluding carboxylic acids is 2. The van der Waals surface area contributed by atoms with Gasteiger partial charge in [-0.3, -0.25) is 14.6 Å². The van der Waals surface area contributed by atoms with E-state index in [2.05, 4.69) is 15.6 Å². The highest BCUT2D eigenvalue weighted by Gasteiger charge is 2.13. The van der Waals surface area contributed by atoms with E-state index in [0.717, 1.165) is 16.9 Å². The molecule has 6 nitrogen and oxygen atoms in total. The fourth-order valence-electron chi connectivity index (χ4n) is 2.06. The number of aromatic nitrogens is 1. The first-order valence-corrected chi connectivity index (χ1v) is 7.87. The summed E-state index contributed by atoms with van der Waals surface area (Å²) in [6, 6.07) is 10.3. The number of hydrogen-bond acceptors (Lipinski definition) is 4. The number of amides is 2. The van der Waals surface area contributed by atoms with E-state index in [9.17, 15) is 9.59 Å². The first-order valence-electron chi connectivity index (χ1n) is 7.87. The zero-order chi connectivity index (χ0) is 18.1. The summed E-state index contributed by atoms with van der Waals surface area (Å²) in [5.41, 5.74) is 1.81. The van der Waals surface area contributed by atoms with Crippen LogP contribution in [-0.2, 0) is 16.1 Å². The number of nitrogens with zero attached hydrogens (tertiary/aromatic N) is 1. The number of nitrogens with one attached hydrogen (secondary N) is 2. The molecule has 0 aliphatic heterocycles. The van der Waals surface area contributed by atoms with Crippen LogP contribution < -0.4 is 15.4 Å². The Hall–Kier alpha value is -3.15. The highest BCUT2D eigenvalue weighted by atomic mass is 16.5. The van der Waals surface area contributed by atoms with Gasteiger partial charge in [0, 0.05) is 25.0 Å². The van der Waals surface area contributed by atoms with Gasteiger partial charge >= 0.3 is 0 Å². The van der Waals surface area contributed by atoms with Crippen LogP contribution in [-0.4, -0.2) is 29.9 Å². The van der Waals surface area contributed by atoms with Crippen LogP contribution in [0.4, 0.5) is 0 Å². The lowest BCUT2D eigenvalue weighted by Crippen LogP contribution is -2.44. The Morgan fingerprint density at radius 1 is 1.16 bits per heavy atom. The molecule has 0 bridgehead atoms. The summed E-state index contributed by atoms with van der Waals surface area (Å²) in [7, 11) is 1.60. The second kappa shape index (κ2) is 9.22. The van der Waals surface area contributed by atoms with Gasteiger partial charge in [0.1, 0.15) is 11.8 Å². The number of methoxy groups -OCH3 is 1. The molecule has 6 heteroatoms. The van der Waals surface area contributed by atoms with Crippen molar-refractivity contribution >= 4 is 17.9 Å². The van der Waals surface area contributed by atoms with Gasteiger partial charge in [-0.25, -0.2) is 0 Å². The number of rotatable bonds is 7. The quantitative estimate of drug-likeness (QED) is 0.755. The van der Waals surface area contributed by atoms with Gasteiger partial charge in [0.2, 0.25) is 11.8 Å². The maximum absolute atomic E-state index is 12.0. The Balaban J connectivity index is 1.80. The molecule has 2 amide bonds. The Kier molecular flexibility index (Phi) is 6.71. The van der Waals surface area contributed by atoms with Crippen LogP contribution in [0.15, 0.2) is 54.9 Å². The molecule has 0 spiro atoms. The Bertz CT molecular complexity index is 727. The topological polar surface area (TPSA) is 80.3 Å². The summed E-state index contributed by atoms with van der Waals surface area (Å²) >= 11 is 0. The van der Waals surface area contributed by atoms with Gasteiger partial charge in [-0.15, -0.1) is 0 Å². The monoisotopic (exact) mass is 339 g/mol. The maximum atomic E-state index is 12.0. The first kappa shape index (κ1) is 18.2. The summed E-state index contributed by atoms with van der Waals surface area (Å²) in [5, 5.41) is 5.41. The summed E-state index contributed by atoms with van der Waals surface area (Å²) in [6.07, 6.45) is 6.40. The van der Waals surface area contributed by atoms with E-state index in [1.807, 2.05) is 36.4 Å². The molecule has 0 aliphatic carbocycles. The van der Waals surface area contributed by atoms with Crippen molar-refractivity contribution in [3.8, 4) is 5.75 Å². The largest absolute Gasteiger partial charge is 0.497 e. The van der Waals surface area contributed by atoms with E-state index >= 15 is 0 Å². The van der Waals surface area contributed by atoms with Crippen molar-refractivity contribution in [2.24, 2.45) is 0 Å². The van der Waals surface area contributed by atoms with Crippen molar-refractivity contribution in [2.45, 2.75) is 19.5 Å². The molecule has 1 aromatic carbocycles. The molecule has 0 radical (unpaired) electrons. The SMILES string of the molecule is COc1ccc(/C=C/C(=O)NC(C)C(=O)NCc2ccncc2)cc1. The lowest BCUT2D eigenvalue weighted by atomic mass is 10.2. The molecule has 0 aliphatic rings. The molecule has 1 aromatic heterocycles. The van der Waals surface area contributed by atoms with Gasteiger partial charge in [0.15, 0.2) is 0 Å². The Labute approximate surface area is 146 Å². The van der Waals surface area contributed by atoms with Gasteiger partial charge in [-0.2, -0.15) is 0 Å². The van der Waals surface area contributed by atoms with E-state index in [1.54, 1.807) is 32.5 Å². The van der Waals surface area contributed by atoms with Gasteiger partial charge in [-0.1, -0.05) is 12.1 Å². The third-order valence-electron chi connectivity index (χ3n) is 3.51. The van der Waals surface area contributed by atoms with Crippen molar-refractivity contribution in [2.75, 3.05) is 7.11 Å². The van der Waals surface area contributed by atoms with Gasteiger partial charge < -0.3 is 15.4 Å². The molecule has 0 saturated heterocycles. The predicted molar refractivity (Wildman–Crippen MR) is 95.7 cm³/mol. The highest BCUT2D eigenvalue weighted by Crippen LogP contribution is 2.12. The standard InChI is InChI=1S/C19H21N3O3/c1-14(19(24)21-13-16-9-11-20-12-10-16)22-18(23)8-5-15-3-6-17(25-2)7-4-15/h3-12,14H,13H2,1-2H3,(H,21,24)(H,22,23)/b8-5+. The Morgan fingerprint density at radius 3 is 2.48 bits per heavy atom. The van der Waals surface area contributed by atoms with Gasteiger partial charge in [0.05, 0.1) is 7.11 Å². The average molecular weight is 339 g/mol. The predicted octanol–water partition coefficient (Wildman–Crippen LogP) is 1.92. The minimum absolute atomic E-state index is 0.247. The third-order valence-corrected chi connectivity index (χ3v) is 3.51. The molecule has 2 N–H and O–H groups in total. The van der Waals surface area contributed by atoms with Crippen molar-refractivity contribution in [3.05, 3.63) is 66.0 Å². The fourth-order valence-corrected chi connectivity index (χ4v) is 2.06. The van der Waals surface area contributed by atoms with Crippen LogP contribution in [0.25, 0.3) is 6.08 Å². The molecular formula is C19H21N3O3.